The lowest BCUT2D eigenvalue weighted by atomic mass is 9.78. The number of rotatable bonds is 6. The van der Waals surface area contributed by atoms with Crippen LogP contribution in [-0.2, 0) is 23.9 Å². The van der Waals surface area contributed by atoms with Crippen LogP contribution in [0.1, 0.15) is 40.0 Å². The van der Waals surface area contributed by atoms with Crippen LogP contribution in [0.3, 0.4) is 0 Å². The summed E-state index contributed by atoms with van der Waals surface area (Å²) >= 11 is 0. The molecule has 4 aliphatic rings. The Morgan fingerprint density at radius 3 is 2.51 bits per heavy atom. The van der Waals surface area contributed by atoms with Gasteiger partial charge in [-0.15, -0.1) is 0 Å². The molecule has 2 fully saturated rings. The number of hydrogen-bond acceptors (Lipinski definition) is 7. The van der Waals surface area contributed by atoms with E-state index >= 15 is 0 Å². The number of fused-ring (bicyclic) bond motifs is 2. The number of benzene rings is 1. The molecule has 2 saturated heterocycles. The molecule has 0 saturated carbocycles. The highest BCUT2D eigenvalue weighted by Gasteiger charge is 2.72. The number of esters is 1. The minimum atomic E-state index is -1.35. The normalized spacial score (nSPS) is 32.2. The molecule has 4 heterocycles. The Kier molecular flexibility index (Phi) is 7.82. The van der Waals surface area contributed by atoms with E-state index in [1.165, 1.54) is 4.90 Å². The second kappa shape index (κ2) is 11.1. The molecule has 0 radical (unpaired) electrons. The van der Waals surface area contributed by atoms with Crippen molar-refractivity contribution >= 4 is 29.2 Å². The zero-order valence-electron chi connectivity index (χ0n) is 23.0. The highest BCUT2D eigenvalue weighted by Crippen LogP contribution is 2.53. The van der Waals surface area contributed by atoms with Crippen molar-refractivity contribution in [2.45, 2.75) is 63.8 Å². The number of anilines is 2. The van der Waals surface area contributed by atoms with Gasteiger partial charge in [-0.1, -0.05) is 24.3 Å². The van der Waals surface area contributed by atoms with Crippen LogP contribution >= 0.6 is 0 Å². The number of likely N-dealkylation sites (tertiary alicyclic amines) is 1. The molecule has 1 unspecified atom stereocenters. The number of amides is 2. The Labute approximate surface area is 230 Å². The number of ether oxygens (including phenoxy) is 2. The molecule has 0 aliphatic carbocycles. The second-order valence-corrected chi connectivity index (χ2v) is 10.8. The summed E-state index contributed by atoms with van der Waals surface area (Å²) in [6.07, 6.45) is 9.27. The highest BCUT2D eigenvalue weighted by molar-refractivity contribution is 6.05. The number of aliphatic hydroxyl groups excluding tert-OH is 1. The topological polar surface area (TPSA) is 99.6 Å². The van der Waals surface area contributed by atoms with Crippen molar-refractivity contribution < 1.29 is 29.0 Å². The van der Waals surface area contributed by atoms with Gasteiger partial charge in [0.1, 0.15) is 17.6 Å². The van der Waals surface area contributed by atoms with Gasteiger partial charge in [0.2, 0.25) is 5.91 Å². The predicted molar refractivity (Wildman–Crippen MR) is 147 cm³/mol. The fourth-order valence-electron chi connectivity index (χ4n) is 6.58. The average Bonchev–Trinajstić information content (AvgIpc) is 3.34. The molecular weight excluding hydrogens is 498 g/mol. The van der Waals surface area contributed by atoms with Gasteiger partial charge in [0.25, 0.3) is 5.91 Å². The number of aliphatic hydroxyl groups is 1. The smallest absolute Gasteiger partial charge is 0.312 e. The molecule has 6 atom stereocenters. The molecule has 1 aromatic carbocycles. The maximum absolute atomic E-state index is 14.4. The molecule has 1 N–H and O–H groups in total. The number of carbonyl (C=O) groups is 3. The molecule has 0 bridgehead atoms. The van der Waals surface area contributed by atoms with Crippen LogP contribution in [0.5, 0.6) is 0 Å². The Balaban J connectivity index is 1.56. The van der Waals surface area contributed by atoms with Gasteiger partial charge in [-0.3, -0.25) is 14.4 Å². The van der Waals surface area contributed by atoms with E-state index < -0.39 is 41.6 Å². The van der Waals surface area contributed by atoms with E-state index in [4.69, 9.17) is 9.47 Å². The maximum Gasteiger partial charge on any atom is 0.312 e. The summed E-state index contributed by atoms with van der Waals surface area (Å²) in [7, 11) is 0. The zero-order valence-corrected chi connectivity index (χ0v) is 23.0. The van der Waals surface area contributed by atoms with Gasteiger partial charge in [0, 0.05) is 31.0 Å². The van der Waals surface area contributed by atoms with E-state index in [2.05, 4.69) is 18.7 Å². The van der Waals surface area contributed by atoms with Crippen molar-refractivity contribution in [2.75, 3.05) is 42.6 Å². The monoisotopic (exact) mass is 537 g/mol. The number of allylic oxidation sites excluding steroid dienone is 1. The van der Waals surface area contributed by atoms with Crippen molar-refractivity contribution in [1.82, 2.24) is 4.90 Å². The van der Waals surface area contributed by atoms with E-state index in [0.717, 1.165) is 38.0 Å². The summed E-state index contributed by atoms with van der Waals surface area (Å²) in [6.45, 7) is 7.92. The third-order valence-corrected chi connectivity index (χ3v) is 8.57. The zero-order chi connectivity index (χ0) is 27.7. The van der Waals surface area contributed by atoms with Gasteiger partial charge in [-0.2, -0.15) is 0 Å². The molecule has 39 heavy (non-hydrogen) atoms. The fourth-order valence-corrected chi connectivity index (χ4v) is 6.58. The third-order valence-electron chi connectivity index (χ3n) is 8.57. The summed E-state index contributed by atoms with van der Waals surface area (Å²) < 4.78 is 12.2. The van der Waals surface area contributed by atoms with Crippen molar-refractivity contribution in [2.24, 2.45) is 11.8 Å². The van der Waals surface area contributed by atoms with Crippen LogP contribution in [0.2, 0.25) is 0 Å². The van der Waals surface area contributed by atoms with Gasteiger partial charge in [0.05, 0.1) is 31.3 Å². The van der Waals surface area contributed by atoms with E-state index in [1.54, 1.807) is 17.9 Å². The standard InChI is InChI=1S/C30H39N3O6/c1-4-31(5-2)21-12-14-22(15-13-21)32-17-10-16-30-25(27(35)33(20(3)19-34)26(30)28(32)36)24-23(39-30)11-8-6-7-9-18-38-29(24)37/h8,10-16,20,23-26,34H,4-7,9,17-19H2,1-3H3/b11-8-/t20-,23-,24+,25+,26?,30+/m1/s1. The van der Waals surface area contributed by atoms with Crippen LogP contribution in [-0.4, -0.2) is 84.4 Å². The molecule has 1 spiro atoms. The Bertz CT molecular complexity index is 1150. The summed E-state index contributed by atoms with van der Waals surface area (Å²) in [5.74, 6) is -2.94. The van der Waals surface area contributed by atoms with Crippen molar-refractivity contribution in [3.63, 3.8) is 0 Å². The first kappa shape index (κ1) is 27.4. The molecule has 9 nitrogen and oxygen atoms in total. The largest absolute Gasteiger partial charge is 0.465 e. The molecule has 210 valence electrons. The minimum absolute atomic E-state index is 0.288. The molecule has 1 aromatic rings. The van der Waals surface area contributed by atoms with Gasteiger partial charge in [0.15, 0.2) is 0 Å². The summed E-state index contributed by atoms with van der Waals surface area (Å²) in [4.78, 5) is 47.1. The SMILES string of the molecule is CCN(CC)c1ccc(N2CC=C[C@]34O[C@@H]5/C=C\CCCCOC(=O)[C@@H]5[C@H]3C(=O)N([C@H](C)CO)C4C2=O)cc1. The van der Waals surface area contributed by atoms with Crippen LogP contribution in [0.25, 0.3) is 0 Å². The minimum Gasteiger partial charge on any atom is -0.465 e. The maximum atomic E-state index is 14.4. The number of hydrogen-bond donors (Lipinski definition) is 1. The second-order valence-electron chi connectivity index (χ2n) is 10.8. The number of carbonyl (C=O) groups excluding carboxylic acids is 3. The van der Waals surface area contributed by atoms with Gasteiger partial charge in [-0.25, -0.2) is 0 Å². The van der Waals surface area contributed by atoms with Crippen LogP contribution in [0, 0.1) is 11.8 Å². The van der Waals surface area contributed by atoms with Gasteiger partial charge in [-0.05, 0) is 64.3 Å². The van der Waals surface area contributed by atoms with Crippen LogP contribution in [0.4, 0.5) is 11.4 Å². The predicted octanol–water partition coefficient (Wildman–Crippen LogP) is 2.68. The van der Waals surface area contributed by atoms with E-state index in [9.17, 15) is 19.5 Å². The first-order valence-corrected chi connectivity index (χ1v) is 14.2. The average molecular weight is 538 g/mol. The quantitative estimate of drug-likeness (QED) is 0.440. The van der Waals surface area contributed by atoms with Gasteiger partial charge >= 0.3 is 5.97 Å². The Hall–Kier alpha value is -3.17. The Morgan fingerprint density at radius 2 is 1.82 bits per heavy atom. The molecule has 4 aliphatic heterocycles. The van der Waals surface area contributed by atoms with Crippen molar-refractivity contribution in [3.8, 4) is 0 Å². The number of cyclic esters (lactones) is 1. The van der Waals surface area contributed by atoms with Crippen molar-refractivity contribution in [1.29, 1.82) is 0 Å². The lowest BCUT2D eigenvalue weighted by Gasteiger charge is -2.37. The summed E-state index contributed by atoms with van der Waals surface area (Å²) in [5.41, 5.74) is 0.429. The lowest BCUT2D eigenvalue weighted by molar-refractivity contribution is -0.155. The van der Waals surface area contributed by atoms with E-state index in [-0.39, 0.29) is 25.0 Å². The summed E-state index contributed by atoms with van der Waals surface area (Å²) in [5, 5.41) is 10.1. The first-order valence-electron chi connectivity index (χ1n) is 14.2. The Morgan fingerprint density at radius 1 is 1.08 bits per heavy atom. The molecule has 5 rings (SSSR count). The highest BCUT2D eigenvalue weighted by atomic mass is 16.6. The molecular formula is C30H39N3O6. The van der Waals surface area contributed by atoms with Gasteiger partial charge < -0.3 is 29.3 Å². The number of nitrogens with zero attached hydrogens (tertiary/aromatic N) is 3. The fraction of sp³-hybridized carbons (Fsp3) is 0.567. The molecule has 9 heteroatoms. The molecule has 2 amide bonds. The van der Waals surface area contributed by atoms with E-state index in [0.29, 0.717) is 12.2 Å². The molecule has 0 aromatic heterocycles. The van der Waals surface area contributed by atoms with Crippen LogP contribution in [0.15, 0.2) is 48.6 Å². The van der Waals surface area contributed by atoms with Crippen LogP contribution < -0.4 is 9.80 Å². The van der Waals surface area contributed by atoms with Crippen molar-refractivity contribution in [3.05, 3.63) is 48.6 Å². The van der Waals surface area contributed by atoms with E-state index in [1.807, 2.05) is 42.5 Å². The first-order chi connectivity index (χ1) is 18.9. The summed E-state index contributed by atoms with van der Waals surface area (Å²) in [6, 6.07) is 6.16. The lowest BCUT2D eigenvalue weighted by Crippen LogP contribution is -2.57. The third kappa shape index (κ3) is 4.55.